The molecule has 1 aliphatic carbocycles. The maximum atomic E-state index is 12.4. The number of aryl methyl sites for hydroxylation is 2. The highest BCUT2D eigenvalue weighted by molar-refractivity contribution is 7.93. The molecule has 3 N–H and O–H groups in total. The maximum Gasteiger partial charge on any atom is 0.277 e. The number of rotatable bonds is 4. The number of hydrogen-bond donors (Lipinski definition) is 2. The molecule has 0 atom stereocenters. The second-order valence-corrected chi connectivity index (χ2v) is 7.85. The lowest BCUT2D eigenvalue weighted by Crippen LogP contribution is -2.13. The van der Waals surface area contributed by atoms with Crippen molar-refractivity contribution in [2.45, 2.75) is 30.6 Å². The molecule has 1 aromatic heterocycles. The Morgan fingerprint density at radius 1 is 1.23 bits per heavy atom. The minimum Gasteiger partial charge on any atom is -0.364 e. The molecule has 2 aromatic rings. The lowest BCUT2D eigenvalue weighted by Gasteiger charge is -2.16. The molecule has 1 aromatic carbocycles. The van der Waals surface area contributed by atoms with Gasteiger partial charge in [0.1, 0.15) is 5.00 Å². The van der Waals surface area contributed by atoms with E-state index < -0.39 is 15.9 Å². The van der Waals surface area contributed by atoms with Crippen LogP contribution in [0.5, 0.6) is 0 Å². The first-order valence-electron chi connectivity index (χ1n) is 6.86. The summed E-state index contributed by atoms with van der Waals surface area (Å²) >= 11 is 0.915. The molecule has 0 saturated heterocycles. The van der Waals surface area contributed by atoms with E-state index in [2.05, 4.69) is 9.71 Å². The highest BCUT2D eigenvalue weighted by Crippen LogP contribution is 2.26. The Hall–Kier alpha value is -1.93. The quantitative estimate of drug-likeness (QED) is 0.889. The number of nitrogens with zero attached hydrogens (tertiary/aromatic N) is 1. The summed E-state index contributed by atoms with van der Waals surface area (Å²) in [5.41, 5.74) is 7.43. The van der Waals surface area contributed by atoms with E-state index in [1.807, 2.05) is 6.07 Å². The van der Waals surface area contributed by atoms with Gasteiger partial charge in [-0.25, -0.2) is 13.4 Å². The van der Waals surface area contributed by atoms with Crippen molar-refractivity contribution in [2.75, 3.05) is 4.72 Å². The Bertz CT molecular complexity index is 828. The van der Waals surface area contributed by atoms with Crippen LogP contribution < -0.4 is 10.5 Å². The summed E-state index contributed by atoms with van der Waals surface area (Å²) < 4.78 is 27.3. The number of anilines is 1. The maximum absolute atomic E-state index is 12.4. The normalized spacial score (nSPS) is 14.4. The number of hydrogen-bond acceptors (Lipinski definition) is 5. The third kappa shape index (κ3) is 2.97. The number of primary amides is 1. The molecular formula is C14H15N3O3S2. The highest BCUT2D eigenvalue weighted by atomic mass is 32.2. The lowest BCUT2D eigenvalue weighted by molar-refractivity contribution is 0.1000. The molecule has 1 aliphatic rings. The van der Waals surface area contributed by atoms with Crippen LogP contribution in [0.25, 0.3) is 0 Å². The largest absolute Gasteiger partial charge is 0.364 e. The summed E-state index contributed by atoms with van der Waals surface area (Å²) in [6.07, 6.45) is 5.43. The zero-order chi connectivity index (χ0) is 15.7. The number of carbonyl (C=O) groups is 1. The van der Waals surface area contributed by atoms with E-state index in [0.717, 1.165) is 42.6 Å². The van der Waals surface area contributed by atoms with E-state index in [1.165, 1.54) is 11.8 Å². The Morgan fingerprint density at radius 3 is 2.64 bits per heavy atom. The molecular weight excluding hydrogens is 322 g/mol. The number of aromatic nitrogens is 1. The molecule has 1 amide bonds. The van der Waals surface area contributed by atoms with Crippen LogP contribution in [0.3, 0.4) is 0 Å². The summed E-state index contributed by atoms with van der Waals surface area (Å²) in [6, 6.07) is 5.22. The van der Waals surface area contributed by atoms with Crippen LogP contribution in [0.15, 0.2) is 29.3 Å². The summed E-state index contributed by atoms with van der Waals surface area (Å²) in [4.78, 5) is 15.0. The van der Waals surface area contributed by atoms with Gasteiger partial charge in [0.25, 0.3) is 15.9 Å². The lowest BCUT2D eigenvalue weighted by atomic mass is 9.92. The average molecular weight is 337 g/mol. The fourth-order valence-corrected chi connectivity index (χ4v) is 4.50. The van der Waals surface area contributed by atoms with Crippen molar-refractivity contribution in [1.29, 1.82) is 0 Å². The van der Waals surface area contributed by atoms with Gasteiger partial charge < -0.3 is 5.73 Å². The molecule has 0 fully saturated rings. The van der Waals surface area contributed by atoms with Crippen molar-refractivity contribution in [3.05, 3.63) is 40.5 Å². The zero-order valence-corrected chi connectivity index (χ0v) is 13.3. The Kier molecular flexibility index (Phi) is 3.88. The van der Waals surface area contributed by atoms with Crippen molar-refractivity contribution < 1.29 is 13.2 Å². The van der Waals surface area contributed by atoms with Crippen LogP contribution in [0.1, 0.15) is 33.8 Å². The minimum atomic E-state index is -3.69. The molecule has 22 heavy (non-hydrogen) atoms. The van der Waals surface area contributed by atoms with Gasteiger partial charge in [0.2, 0.25) is 0 Å². The summed E-state index contributed by atoms with van der Waals surface area (Å²) in [7, 11) is -3.69. The number of nitrogens with one attached hydrogen (secondary N) is 1. The van der Waals surface area contributed by atoms with Gasteiger partial charge in [0.15, 0.2) is 5.01 Å². The van der Waals surface area contributed by atoms with Crippen LogP contribution in [0, 0.1) is 0 Å². The first kappa shape index (κ1) is 15.0. The highest BCUT2D eigenvalue weighted by Gasteiger charge is 2.19. The average Bonchev–Trinajstić information content (AvgIpc) is 2.95. The molecule has 0 radical (unpaired) electrons. The van der Waals surface area contributed by atoms with Crippen LogP contribution in [-0.2, 0) is 22.9 Å². The van der Waals surface area contributed by atoms with Gasteiger partial charge in [-0.3, -0.25) is 9.52 Å². The third-order valence-electron chi connectivity index (χ3n) is 3.58. The van der Waals surface area contributed by atoms with E-state index in [4.69, 9.17) is 5.73 Å². The van der Waals surface area contributed by atoms with Gasteiger partial charge in [-0.2, -0.15) is 0 Å². The molecule has 0 unspecified atom stereocenters. The summed E-state index contributed by atoms with van der Waals surface area (Å²) in [5.74, 6) is -0.677. The van der Waals surface area contributed by atoms with Gasteiger partial charge in [-0.15, -0.1) is 0 Å². The van der Waals surface area contributed by atoms with Crippen LogP contribution >= 0.6 is 11.3 Å². The molecule has 1 heterocycles. The predicted molar refractivity (Wildman–Crippen MR) is 84.5 cm³/mol. The molecule has 6 nitrogen and oxygen atoms in total. The first-order valence-corrected chi connectivity index (χ1v) is 9.16. The summed E-state index contributed by atoms with van der Waals surface area (Å²) in [5, 5.41) is 0.342. The molecule has 116 valence electrons. The topological polar surface area (TPSA) is 102 Å². The second-order valence-electron chi connectivity index (χ2n) is 5.14. The van der Waals surface area contributed by atoms with Gasteiger partial charge in [-0.1, -0.05) is 17.4 Å². The fraction of sp³-hybridized carbons (Fsp3) is 0.286. The number of thiazole rings is 1. The molecule has 3 rings (SSSR count). The number of nitrogens with two attached hydrogens (primary N) is 1. The number of fused-ring (bicyclic) bond motifs is 1. The molecule has 0 aliphatic heterocycles. The van der Waals surface area contributed by atoms with E-state index in [0.29, 0.717) is 0 Å². The molecule has 0 saturated carbocycles. The standard InChI is InChI=1S/C14H15N3O3S2/c15-13(18)14-16-8-12(21-14)17-22(19,20)11-6-5-9-3-1-2-4-10(9)7-11/h5-8,17H,1-4H2,(H2,15,18). The third-order valence-corrected chi connectivity index (χ3v) is 6.00. The van der Waals surface area contributed by atoms with E-state index >= 15 is 0 Å². The van der Waals surface area contributed by atoms with Crippen molar-refractivity contribution in [2.24, 2.45) is 5.73 Å². The summed E-state index contributed by atoms with van der Waals surface area (Å²) in [6.45, 7) is 0. The number of benzene rings is 1. The predicted octanol–water partition coefficient (Wildman–Crippen LogP) is 1.92. The molecule has 0 bridgehead atoms. The zero-order valence-electron chi connectivity index (χ0n) is 11.7. The number of sulfonamides is 1. The van der Waals surface area contributed by atoms with Gasteiger partial charge in [0.05, 0.1) is 11.1 Å². The van der Waals surface area contributed by atoms with Crippen LogP contribution in [0.2, 0.25) is 0 Å². The van der Waals surface area contributed by atoms with Crippen molar-refractivity contribution in [1.82, 2.24) is 4.98 Å². The first-order chi connectivity index (χ1) is 10.5. The number of carbonyl (C=O) groups excluding carboxylic acids is 1. The van der Waals surface area contributed by atoms with Crippen molar-refractivity contribution >= 4 is 32.3 Å². The number of amides is 1. The van der Waals surface area contributed by atoms with Gasteiger partial charge >= 0.3 is 0 Å². The van der Waals surface area contributed by atoms with Gasteiger partial charge in [0, 0.05) is 0 Å². The molecule has 8 heteroatoms. The Balaban J connectivity index is 1.87. The Morgan fingerprint density at radius 2 is 1.95 bits per heavy atom. The Labute approximate surface area is 132 Å². The minimum absolute atomic E-state index is 0.0724. The molecule has 0 spiro atoms. The smallest absolute Gasteiger partial charge is 0.277 e. The van der Waals surface area contributed by atoms with E-state index in [1.54, 1.807) is 12.1 Å². The van der Waals surface area contributed by atoms with Crippen molar-refractivity contribution in [3.8, 4) is 0 Å². The van der Waals surface area contributed by atoms with E-state index in [-0.39, 0.29) is 14.9 Å². The SMILES string of the molecule is NC(=O)c1ncc(NS(=O)(=O)c2ccc3c(c2)CCCC3)s1. The van der Waals surface area contributed by atoms with Crippen LogP contribution in [-0.4, -0.2) is 19.3 Å². The van der Waals surface area contributed by atoms with Crippen molar-refractivity contribution in [3.63, 3.8) is 0 Å². The van der Waals surface area contributed by atoms with Crippen LogP contribution in [0.4, 0.5) is 5.00 Å². The second kappa shape index (κ2) is 5.69. The monoisotopic (exact) mass is 337 g/mol. The van der Waals surface area contributed by atoms with E-state index in [9.17, 15) is 13.2 Å². The fourth-order valence-electron chi connectivity index (χ4n) is 2.50. The van der Waals surface area contributed by atoms with Gasteiger partial charge in [-0.05, 0) is 48.9 Å².